The van der Waals surface area contributed by atoms with Gasteiger partial charge in [0, 0.05) is 54.8 Å². The Bertz CT molecular complexity index is 1030. The van der Waals surface area contributed by atoms with Crippen LogP contribution in [-0.4, -0.2) is 36.1 Å². The Morgan fingerprint density at radius 3 is 2.23 bits per heavy atom. The van der Waals surface area contributed by atoms with Crippen molar-refractivity contribution in [3.63, 3.8) is 0 Å². The molecular formula is C20H18Cl2F3N5S. The van der Waals surface area contributed by atoms with Gasteiger partial charge in [0.15, 0.2) is 4.47 Å². The van der Waals surface area contributed by atoms with Crippen LogP contribution >= 0.6 is 34.5 Å². The summed E-state index contributed by atoms with van der Waals surface area (Å²) in [6, 6.07) is 9.04. The molecule has 0 spiro atoms. The van der Waals surface area contributed by atoms with Crippen molar-refractivity contribution in [3.8, 4) is 0 Å². The molecule has 1 aliphatic heterocycles. The number of thiazole rings is 1. The van der Waals surface area contributed by atoms with Crippen LogP contribution in [0.25, 0.3) is 0 Å². The first-order valence-corrected chi connectivity index (χ1v) is 11.0. The Hall–Kier alpha value is -2.23. The van der Waals surface area contributed by atoms with Crippen LogP contribution < -0.4 is 15.1 Å². The molecule has 2 aromatic heterocycles. The van der Waals surface area contributed by atoms with Crippen LogP contribution in [0.5, 0.6) is 0 Å². The maximum absolute atomic E-state index is 12.8. The van der Waals surface area contributed by atoms with E-state index in [2.05, 4.69) is 20.2 Å². The highest BCUT2D eigenvalue weighted by Gasteiger charge is 2.32. The third kappa shape index (κ3) is 5.34. The summed E-state index contributed by atoms with van der Waals surface area (Å²) in [6.07, 6.45) is -1.87. The highest BCUT2D eigenvalue weighted by atomic mass is 35.5. The Morgan fingerprint density at radius 2 is 1.65 bits per heavy atom. The Labute approximate surface area is 191 Å². The fraction of sp³-hybridized carbons (Fsp3) is 0.300. The van der Waals surface area contributed by atoms with Crippen molar-refractivity contribution >= 4 is 51.7 Å². The third-order valence-corrected chi connectivity index (χ3v) is 6.35. The lowest BCUT2D eigenvalue weighted by Gasteiger charge is -2.37. The monoisotopic (exact) mass is 487 g/mol. The smallest absolute Gasteiger partial charge is 0.380 e. The maximum atomic E-state index is 12.8. The minimum absolute atomic E-state index is 0.0148. The van der Waals surface area contributed by atoms with Gasteiger partial charge in [-0.1, -0.05) is 23.2 Å². The second kappa shape index (κ2) is 9.10. The zero-order chi connectivity index (χ0) is 22.0. The predicted octanol–water partition coefficient (Wildman–Crippen LogP) is 5.80. The Morgan fingerprint density at radius 1 is 0.968 bits per heavy atom. The van der Waals surface area contributed by atoms with Gasteiger partial charge in [-0.05, 0) is 30.3 Å². The van der Waals surface area contributed by atoms with Gasteiger partial charge in [-0.25, -0.2) is 9.97 Å². The van der Waals surface area contributed by atoms with E-state index in [1.54, 1.807) is 6.20 Å². The minimum Gasteiger partial charge on any atom is -0.380 e. The molecule has 1 fully saturated rings. The molecule has 0 bridgehead atoms. The molecule has 3 aromatic rings. The lowest BCUT2D eigenvalue weighted by molar-refractivity contribution is -0.137. The number of halogens is 5. The van der Waals surface area contributed by atoms with Crippen molar-refractivity contribution in [1.29, 1.82) is 0 Å². The van der Waals surface area contributed by atoms with Gasteiger partial charge in [0.2, 0.25) is 0 Å². The molecule has 11 heteroatoms. The van der Waals surface area contributed by atoms with Crippen LogP contribution in [0.15, 0.2) is 42.7 Å². The molecule has 0 radical (unpaired) electrons. The van der Waals surface area contributed by atoms with Crippen LogP contribution in [-0.2, 0) is 12.7 Å². The first kappa shape index (κ1) is 22.0. The van der Waals surface area contributed by atoms with E-state index in [1.807, 2.05) is 29.2 Å². The summed E-state index contributed by atoms with van der Waals surface area (Å²) in [7, 11) is 0. The quantitative estimate of drug-likeness (QED) is 0.492. The first-order chi connectivity index (χ1) is 14.8. The SMILES string of the molecule is FC(F)(F)c1cnc(N2CCN(c3ccc(NCc4cnc(Cl)s4)cc3)CC2)c(Cl)c1. The van der Waals surface area contributed by atoms with Crippen molar-refractivity contribution in [2.45, 2.75) is 12.7 Å². The van der Waals surface area contributed by atoms with Gasteiger partial charge < -0.3 is 15.1 Å². The molecule has 3 heterocycles. The summed E-state index contributed by atoms with van der Waals surface area (Å²) >= 11 is 13.4. The number of pyridine rings is 1. The van der Waals surface area contributed by atoms with Crippen LogP contribution in [0.4, 0.5) is 30.4 Å². The van der Waals surface area contributed by atoms with Crippen LogP contribution in [0.1, 0.15) is 10.4 Å². The molecule has 1 aromatic carbocycles. The summed E-state index contributed by atoms with van der Waals surface area (Å²) in [5.41, 5.74) is 1.23. The molecule has 0 unspecified atom stereocenters. The van der Waals surface area contributed by atoms with E-state index in [0.29, 0.717) is 43.0 Å². The van der Waals surface area contributed by atoms with E-state index in [-0.39, 0.29) is 5.02 Å². The highest BCUT2D eigenvalue weighted by molar-refractivity contribution is 7.15. The molecular weight excluding hydrogens is 470 g/mol. The second-order valence-electron chi connectivity index (χ2n) is 6.98. The summed E-state index contributed by atoms with van der Waals surface area (Å²) in [6.45, 7) is 3.31. The number of anilines is 3. The van der Waals surface area contributed by atoms with Gasteiger partial charge in [0.05, 0.1) is 17.1 Å². The molecule has 4 rings (SSSR count). The molecule has 0 saturated carbocycles. The van der Waals surface area contributed by atoms with Gasteiger partial charge in [-0.15, -0.1) is 11.3 Å². The van der Waals surface area contributed by atoms with Crippen molar-refractivity contribution in [2.75, 3.05) is 41.3 Å². The number of rotatable bonds is 5. The third-order valence-electron chi connectivity index (χ3n) is 4.95. The van der Waals surface area contributed by atoms with E-state index in [0.717, 1.165) is 28.5 Å². The van der Waals surface area contributed by atoms with Gasteiger partial charge in [-0.3, -0.25) is 0 Å². The van der Waals surface area contributed by atoms with Crippen LogP contribution in [0, 0.1) is 0 Å². The summed E-state index contributed by atoms with van der Waals surface area (Å²) < 4.78 is 39.0. The highest BCUT2D eigenvalue weighted by Crippen LogP contribution is 2.34. The number of alkyl halides is 3. The Balaban J connectivity index is 1.33. The number of benzene rings is 1. The second-order valence-corrected chi connectivity index (χ2v) is 9.09. The van der Waals surface area contributed by atoms with Gasteiger partial charge >= 0.3 is 6.18 Å². The van der Waals surface area contributed by atoms with Crippen LogP contribution in [0.2, 0.25) is 9.49 Å². The zero-order valence-electron chi connectivity index (χ0n) is 16.2. The average molecular weight is 488 g/mol. The molecule has 0 atom stereocenters. The lowest BCUT2D eigenvalue weighted by atomic mass is 10.2. The Kier molecular flexibility index (Phi) is 6.45. The summed E-state index contributed by atoms with van der Waals surface area (Å²) in [5.74, 6) is 0.386. The molecule has 5 nitrogen and oxygen atoms in total. The fourth-order valence-corrected chi connectivity index (χ4v) is 4.54. The van der Waals surface area contributed by atoms with Gasteiger partial charge in [0.25, 0.3) is 0 Å². The van der Waals surface area contributed by atoms with Crippen molar-refractivity contribution < 1.29 is 13.2 Å². The molecule has 1 aliphatic rings. The topological polar surface area (TPSA) is 44.3 Å². The number of nitrogens with zero attached hydrogens (tertiary/aromatic N) is 4. The molecule has 164 valence electrons. The van der Waals surface area contributed by atoms with Gasteiger partial charge in [0.1, 0.15) is 5.82 Å². The number of nitrogens with one attached hydrogen (secondary N) is 1. The van der Waals surface area contributed by atoms with E-state index < -0.39 is 11.7 Å². The maximum Gasteiger partial charge on any atom is 0.417 e. The first-order valence-electron chi connectivity index (χ1n) is 9.46. The van der Waals surface area contributed by atoms with E-state index in [4.69, 9.17) is 23.2 Å². The summed E-state index contributed by atoms with van der Waals surface area (Å²) in [5, 5.41) is 3.35. The number of piperazine rings is 1. The zero-order valence-corrected chi connectivity index (χ0v) is 18.5. The number of hydrogen-bond acceptors (Lipinski definition) is 6. The normalized spacial score (nSPS) is 14.7. The molecule has 0 aliphatic carbocycles. The largest absolute Gasteiger partial charge is 0.417 e. The van der Waals surface area contributed by atoms with Crippen molar-refractivity contribution in [2.24, 2.45) is 0 Å². The lowest BCUT2D eigenvalue weighted by Crippen LogP contribution is -2.47. The number of aromatic nitrogens is 2. The molecule has 31 heavy (non-hydrogen) atoms. The fourth-order valence-electron chi connectivity index (χ4n) is 3.34. The summed E-state index contributed by atoms with van der Waals surface area (Å²) in [4.78, 5) is 13.2. The van der Waals surface area contributed by atoms with E-state index in [1.165, 1.54) is 11.3 Å². The molecule has 0 amide bonds. The number of hydrogen-bond donors (Lipinski definition) is 1. The van der Waals surface area contributed by atoms with Crippen molar-refractivity contribution in [3.05, 3.63) is 62.7 Å². The van der Waals surface area contributed by atoms with E-state index >= 15 is 0 Å². The predicted molar refractivity (Wildman–Crippen MR) is 120 cm³/mol. The van der Waals surface area contributed by atoms with Gasteiger partial charge in [-0.2, -0.15) is 13.2 Å². The minimum atomic E-state index is -4.46. The van der Waals surface area contributed by atoms with Crippen molar-refractivity contribution in [1.82, 2.24) is 9.97 Å². The van der Waals surface area contributed by atoms with E-state index in [9.17, 15) is 13.2 Å². The average Bonchev–Trinajstić information content (AvgIpc) is 3.17. The molecule has 1 saturated heterocycles. The molecule has 1 N–H and O–H groups in total. The van der Waals surface area contributed by atoms with Crippen LogP contribution in [0.3, 0.4) is 0 Å². The standard InChI is InChI=1S/C20H18Cl2F3N5S/c21-17-9-13(20(23,24)25)10-27-18(17)30-7-5-29(6-8-30)15-3-1-14(2-4-15)26-11-16-12-28-19(22)31-16/h1-4,9-10,12,26H,5-8,11H2.